The number of hydrogen-bond donors (Lipinski definition) is 0. The highest BCUT2D eigenvalue weighted by Crippen LogP contribution is 2.42. The topological polar surface area (TPSA) is 63.5 Å². The van der Waals surface area contributed by atoms with Crippen molar-refractivity contribution in [3.05, 3.63) is 68.2 Å². The summed E-state index contributed by atoms with van der Waals surface area (Å²) in [6.45, 7) is 1.97. The number of carbonyl (C=O) groups is 1. The van der Waals surface area contributed by atoms with Crippen LogP contribution in [0.25, 0.3) is 0 Å². The molecule has 0 radical (unpaired) electrons. The summed E-state index contributed by atoms with van der Waals surface area (Å²) in [5.41, 5.74) is 2.82. The van der Waals surface area contributed by atoms with Gasteiger partial charge in [0.15, 0.2) is 0 Å². The first kappa shape index (κ1) is 16.0. The van der Waals surface area contributed by atoms with Gasteiger partial charge in [-0.3, -0.25) is 19.8 Å². The zero-order valence-electron chi connectivity index (χ0n) is 12.2. The van der Waals surface area contributed by atoms with Crippen LogP contribution in [0.2, 0.25) is 0 Å². The van der Waals surface area contributed by atoms with Gasteiger partial charge in [0.05, 0.1) is 10.7 Å². The lowest BCUT2D eigenvalue weighted by Gasteiger charge is -2.24. The van der Waals surface area contributed by atoms with E-state index in [0.29, 0.717) is 5.75 Å². The molecule has 0 unspecified atom stereocenters. The molecule has 1 fully saturated rings. The first-order valence-corrected chi connectivity index (χ1v) is 8.76. The van der Waals surface area contributed by atoms with Gasteiger partial charge in [-0.25, -0.2) is 0 Å². The molecule has 1 amide bonds. The summed E-state index contributed by atoms with van der Waals surface area (Å²) in [4.78, 5) is 24.4. The molecular formula is C16H13BrN2O3S. The zero-order valence-corrected chi connectivity index (χ0v) is 14.6. The Morgan fingerprint density at radius 2 is 1.96 bits per heavy atom. The van der Waals surface area contributed by atoms with Crippen molar-refractivity contribution >= 4 is 45.0 Å². The number of aryl methyl sites for hydroxylation is 1. The van der Waals surface area contributed by atoms with Gasteiger partial charge < -0.3 is 0 Å². The van der Waals surface area contributed by atoms with E-state index >= 15 is 0 Å². The van der Waals surface area contributed by atoms with Crippen molar-refractivity contribution in [2.45, 2.75) is 12.3 Å². The highest BCUT2D eigenvalue weighted by Gasteiger charge is 2.34. The fourth-order valence-corrected chi connectivity index (χ4v) is 3.91. The van der Waals surface area contributed by atoms with Crippen molar-refractivity contribution in [2.75, 3.05) is 10.7 Å². The fourth-order valence-electron chi connectivity index (χ4n) is 2.49. The van der Waals surface area contributed by atoms with Crippen LogP contribution >= 0.6 is 27.7 Å². The van der Waals surface area contributed by atoms with E-state index in [1.54, 1.807) is 17.0 Å². The smallest absolute Gasteiger partial charge is 0.269 e. The Morgan fingerprint density at radius 3 is 2.57 bits per heavy atom. The summed E-state index contributed by atoms with van der Waals surface area (Å²) in [6, 6.07) is 12.2. The summed E-state index contributed by atoms with van der Waals surface area (Å²) in [5, 5.41) is 10.6. The van der Waals surface area contributed by atoms with Crippen LogP contribution in [0, 0.1) is 17.0 Å². The molecule has 3 rings (SSSR count). The number of rotatable bonds is 3. The lowest BCUT2D eigenvalue weighted by atomic mass is 10.1. The van der Waals surface area contributed by atoms with E-state index in [1.807, 2.05) is 25.1 Å². The molecule has 1 heterocycles. The predicted molar refractivity (Wildman–Crippen MR) is 94.7 cm³/mol. The maximum absolute atomic E-state index is 12.3. The third-order valence-corrected chi connectivity index (χ3v) is 5.78. The molecule has 0 saturated carbocycles. The van der Waals surface area contributed by atoms with Gasteiger partial charge in [-0.2, -0.15) is 0 Å². The van der Waals surface area contributed by atoms with Crippen molar-refractivity contribution in [3.63, 3.8) is 0 Å². The molecule has 0 aliphatic carbocycles. The molecule has 1 aliphatic rings. The first-order chi connectivity index (χ1) is 11.0. The minimum Gasteiger partial charge on any atom is -0.295 e. The number of halogens is 1. The minimum atomic E-state index is -0.424. The molecule has 0 bridgehead atoms. The Hall–Kier alpha value is -1.86. The van der Waals surface area contributed by atoms with E-state index in [0.717, 1.165) is 21.3 Å². The van der Waals surface area contributed by atoms with Gasteiger partial charge in [0.25, 0.3) is 5.69 Å². The van der Waals surface area contributed by atoms with Crippen LogP contribution in [-0.2, 0) is 4.79 Å². The first-order valence-electron chi connectivity index (χ1n) is 6.91. The van der Waals surface area contributed by atoms with Crippen LogP contribution in [0.3, 0.4) is 0 Å². The van der Waals surface area contributed by atoms with Gasteiger partial charge in [0.1, 0.15) is 5.37 Å². The quantitative estimate of drug-likeness (QED) is 0.571. The molecule has 5 nitrogen and oxygen atoms in total. The number of nitro benzene ring substituents is 1. The van der Waals surface area contributed by atoms with Gasteiger partial charge in [-0.1, -0.05) is 15.9 Å². The van der Waals surface area contributed by atoms with Crippen LogP contribution in [-0.4, -0.2) is 16.6 Å². The van der Waals surface area contributed by atoms with E-state index in [9.17, 15) is 14.9 Å². The molecular weight excluding hydrogens is 380 g/mol. The third kappa shape index (κ3) is 3.11. The van der Waals surface area contributed by atoms with E-state index in [4.69, 9.17) is 0 Å². The molecule has 1 atom stereocenters. The van der Waals surface area contributed by atoms with Crippen LogP contribution in [0.1, 0.15) is 16.5 Å². The van der Waals surface area contributed by atoms with Crippen LogP contribution in [0.4, 0.5) is 11.4 Å². The lowest BCUT2D eigenvalue weighted by molar-refractivity contribution is -0.384. The van der Waals surface area contributed by atoms with Crippen molar-refractivity contribution in [3.8, 4) is 0 Å². The van der Waals surface area contributed by atoms with E-state index in [1.165, 1.54) is 23.9 Å². The summed E-state index contributed by atoms with van der Waals surface area (Å²) in [5.74, 6) is 0.441. The van der Waals surface area contributed by atoms with Crippen molar-refractivity contribution < 1.29 is 9.72 Å². The normalized spacial score (nSPS) is 17.6. The van der Waals surface area contributed by atoms with Crippen molar-refractivity contribution in [2.24, 2.45) is 0 Å². The predicted octanol–water partition coefficient (Wildman–Crippen LogP) is 4.44. The van der Waals surface area contributed by atoms with Gasteiger partial charge in [0, 0.05) is 22.3 Å². The van der Waals surface area contributed by atoms with Crippen molar-refractivity contribution in [1.29, 1.82) is 0 Å². The van der Waals surface area contributed by atoms with Gasteiger partial charge >= 0.3 is 0 Å². The Balaban J connectivity index is 1.96. The van der Waals surface area contributed by atoms with Gasteiger partial charge in [-0.15, -0.1) is 11.8 Å². The SMILES string of the molecule is Cc1cc(N2C(=O)CS[C@H]2c2ccc([N+](=O)[O-])cc2)ccc1Br. The van der Waals surface area contributed by atoms with Crippen LogP contribution < -0.4 is 4.90 Å². The zero-order chi connectivity index (χ0) is 16.6. The van der Waals surface area contributed by atoms with Crippen molar-refractivity contribution in [1.82, 2.24) is 0 Å². The summed E-state index contributed by atoms with van der Waals surface area (Å²) in [7, 11) is 0. The molecule has 0 N–H and O–H groups in total. The number of hydrogen-bond acceptors (Lipinski definition) is 4. The Labute approximate surface area is 146 Å². The maximum atomic E-state index is 12.3. The van der Waals surface area contributed by atoms with E-state index in [2.05, 4.69) is 15.9 Å². The lowest BCUT2D eigenvalue weighted by Crippen LogP contribution is -2.27. The minimum absolute atomic E-state index is 0.0417. The molecule has 0 aromatic heterocycles. The number of carbonyl (C=O) groups excluding carboxylic acids is 1. The maximum Gasteiger partial charge on any atom is 0.269 e. The molecule has 1 aliphatic heterocycles. The summed E-state index contributed by atoms with van der Waals surface area (Å²) < 4.78 is 0.993. The second kappa shape index (κ2) is 6.33. The molecule has 2 aromatic carbocycles. The molecule has 0 spiro atoms. The average Bonchev–Trinajstić information content (AvgIpc) is 2.92. The number of nitrogens with zero attached hydrogens (tertiary/aromatic N) is 2. The highest BCUT2D eigenvalue weighted by molar-refractivity contribution is 9.10. The Bertz CT molecular complexity index is 779. The number of thioether (sulfide) groups is 1. The Morgan fingerprint density at radius 1 is 1.26 bits per heavy atom. The number of amides is 1. The van der Waals surface area contributed by atoms with E-state index in [-0.39, 0.29) is 17.0 Å². The Kier molecular flexibility index (Phi) is 4.41. The third-order valence-electron chi connectivity index (χ3n) is 3.68. The number of nitro groups is 1. The number of anilines is 1. The highest BCUT2D eigenvalue weighted by atomic mass is 79.9. The second-order valence-electron chi connectivity index (χ2n) is 5.21. The van der Waals surface area contributed by atoms with Gasteiger partial charge in [-0.05, 0) is 48.4 Å². The molecule has 118 valence electrons. The summed E-state index contributed by atoms with van der Waals surface area (Å²) >= 11 is 4.99. The fraction of sp³-hybridized carbons (Fsp3) is 0.188. The molecule has 23 heavy (non-hydrogen) atoms. The molecule has 1 saturated heterocycles. The van der Waals surface area contributed by atoms with E-state index < -0.39 is 4.92 Å². The average molecular weight is 393 g/mol. The second-order valence-corrected chi connectivity index (χ2v) is 7.13. The van der Waals surface area contributed by atoms with Gasteiger partial charge in [0.2, 0.25) is 5.91 Å². The number of benzene rings is 2. The molecule has 7 heteroatoms. The monoisotopic (exact) mass is 392 g/mol. The summed E-state index contributed by atoms with van der Waals surface area (Å²) in [6.07, 6.45) is 0. The standard InChI is InChI=1S/C16H13BrN2O3S/c1-10-8-13(6-7-14(10)17)18-15(20)9-23-16(18)11-2-4-12(5-3-11)19(21)22/h2-8,16H,9H2,1H3/t16-/m0/s1. The van der Waals surface area contributed by atoms with Crippen LogP contribution in [0.5, 0.6) is 0 Å². The largest absolute Gasteiger partial charge is 0.295 e. The number of non-ortho nitro benzene ring substituents is 1. The molecule has 2 aromatic rings. The van der Waals surface area contributed by atoms with Crippen LogP contribution in [0.15, 0.2) is 46.9 Å².